The highest BCUT2D eigenvalue weighted by Gasteiger charge is 2.10. The molecule has 0 unspecified atom stereocenters. The van der Waals surface area contributed by atoms with Crippen LogP contribution in [0.5, 0.6) is 0 Å². The summed E-state index contributed by atoms with van der Waals surface area (Å²) < 4.78 is 4.88. The highest BCUT2D eigenvalue weighted by molar-refractivity contribution is 5.95. The Morgan fingerprint density at radius 2 is 1.70 bits per heavy atom. The largest absolute Gasteiger partial charge is 0.455 e. The molecule has 9 heteroatoms. The monoisotopic (exact) mass is 408 g/mol. The second-order valence-corrected chi connectivity index (χ2v) is 6.41. The summed E-state index contributed by atoms with van der Waals surface area (Å²) in [6.07, 6.45) is 0.834. The van der Waals surface area contributed by atoms with Crippen molar-refractivity contribution in [2.45, 2.75) is 19.3 Å². The van der Waals surface area contributed by atoms with Gasteiger partial charge in [0, 0.05) is 18.4 Å². The lowest BCUT2D eigenvalue weighted by Gasteiger charge is -2.08. The molecule has 1 heterocycles. The third kappa shape index (κ3) is 5.74. The molecule has 0 aliphatic heterocycles. The standard InChI is InChI=1S/C21H20N4O5/c26-18(24-25-20(28)14-7-2-1-3-8-14)13-30-19(27)12-6-11-17-22-16-10-5-4-9-15(16)21(29)23-17/h1-5,7-10H,6,11-13H2,(H,24,26)(H,25,28)(H,22,23,29). The number of esters is 1. The van der Waals surface area contributed by atoms with E-state index in [2.05, 4.69) is 20.8 Å². The first kappa shape index (κ1) is 20.7. The van der Waals surface area contributed by atoms with E-state index in [1.165, 1.54) is 0 Å². The number of amides is 2. The SMILES string of the molecule is O=C(COC(=O)CCCc1nc2ccccc2c(=O)[nH]1)NNC(=O)c1ccccc1. The summed E-state index contributed by atoms with van der Waals surface area (Å²) in [6, 6.07) is 15.3. The van der Waals surface area contributed by atoms with Crippen molar-refractivity contribution in [2.75, 3.05) is 6.61 Å². The third-order valence-electron chi connectivity index (χ3n) is 4.17. The van der Waals surface area contributed by atoms with Gasteiger partial charge in [-0.15, -0.1) is 0 Å². The zero-order valence-electron chi connectivity index (χ0n) is 16.0. The topological polar surface area (TPSA) is 130 Å². The molecule has 3 rings (SSSR count). The number of hydrogen-bond donors (Lipinski definition) is 3. The minimum Gasteiger partial charge on any atom is -0.455 e. The lowest BCUT2D eigenvalue weighted by Crippen LogP contribution is -2.43. The fraction of sp³-hybridized carbons (Fsp3) is 0.190. The first-order chi connectivity index (χ1) is 14.5. The molecule has 3 aromatic rings. The van der Waals surface area contributed by atoms with Gasteiger partial charge < -0.3 is 9.72 Å². The molecule has 0 spiro atoms. The number of aryl methyl sites for hydroxylation is 1. The van der Waals surface area contributed by atoms with Crippen LogP contribution in [0.2, 0.25) is 0 Å². The van der Waals surface area contributed by atoms with Gasteiger partial charge in [0.1, 0.15) is 5.82 Å². The molecule has 0 saturated carbocycles. The summed E-state index contributed by atoms with van der Waals surface area (Å²) in [6.45, 7) is -0.515. The van der Waals surface area contributed by atoms with E-state index in [9.17, 15) is 19.2 Å². The van der Waals surface area contributed by atoms with Crippen LogP contribution in [0.3, 0.4) is 0 Å². The quantitative estimate of drug-likeness (QED) is 0.398. The van der Waals surface area contributed by atoms with E-state index in [1.807, 2.05) is 0 Å². The number of carbonyl (C=O) groups is 3. The van der Waals surface area contributed by atoms with Crippen molar-refractivity contribution in [3.05, 3.63) is 76.3 Å². The number of benzene rings is 2. The molecule has 3 N–H and O–H groups in total. The van der Waals surface area contributed by atoms with Crippen LogP contribution >= 0.6 is 0 Å². The molecule has 154 valence electrons. The first-order valence-electron chi connectivity index (χ1n) is 9.31. The summed E-state index contributed by atoms with van der Waals surface area (Å²) in [7, 11) is 0. The predicted octanol–water partition coefficient (Wildman–Crippen LogP) is 1.25. The van der Waals surface area contributed by atoms with Crippen molar-refractivity contribution < 1.29 is 19.1 Å². The Morgan fingerprint density at radius 3 is 2.50 bits per heavy atom. The summed E-state index contributed by atoms with van der Waals surface area (Å²) in [5, 5.41) is 0.506. The summed E-state index contributed by atoms with van der Waals surface area (Å²) in [5.74, 6) is -1.23. The van der Waals surface area contributed by atoms with Crippen LogP contribution in [0.15, 0.2) is 59.4 Å². The maximum absolute atomic E-state index is 12.0. The second kappa shape index (κ2) is 9.97. The fourth-order valence-corrected chi connectivity index (χ4v) is 2.70. The van der Waals surface area contributed by atoms with E-state index < -0.39 is 24.4 Å². The fourth-order valence-electron chi connectivity index (χ4n) is 2.70. The van der Waals surface area contributed by atoms with Crippen molar-refractivity contribution >= 4 is 28.7 Å². The molecule has 0 aliphatic rings. The van der Waals surface area contributed by atoms with Crippen LogP contribution in [-0.4, -0.2) is 34.4 Å². The molecule has 1 aromatic heterocycles. The zero-order valence-corrected chi connectivity index (χ0v) is 16.0. The normalized spacial score (nSPS) is 10.4. The van der Waals surface area contributed by atoms with Crippen molar-refractivity contribution in [2.24, 2.45) is 0 Å². The Balaban J connectivity index is 1.37. The van der Waals surface area contributed by atoms with Gasteiger partial charge in [-0.2, -0.15) is 0 Å². The molecule has 0 atom stereocenters. The predicted molar refractivity (Wildman–Crippen MR) is 108 cm³/mol. The number of fused-ring (bicyclic) bond motifs is 1. The van der Waals surface area contributed by atoms with Crippen LogP contribution < -0.4 is 16.4 Å². The van der Waals surface area contributed by atoms with Gasteiger partial charge in [0.2, 0.25) is 0 Å². The molecule has 9 nitrogen and oxygen atoms in total. The maximum atomic E-state index is 12.0. The van der Waals surface area contributed by atoms with Crippen LogP contribution in [0, 0.1) is 0 Å². The number of nitrogens with zero attached hydrogens (tertiary/aromatic N) is 1. The number of ether oxygens (including phenoxy) is 1. The number of aromatic nitrogens is 2. The van der Waals surface area contributed by atoms with E-state index in [-0.39, 0.29) is 12.0 Å². The molecule has 0 saturated heterocycles. The van der Waals surface area contributed by atoms with Crippen molar-refractivity contribution in [3.63, 3.8) is 0 Å². The lowest BCUT2D eigenvalue weighted by molar-refractivity contribution is -0.148. The molecule has 0 fully saturated rings. The van der Waals surface area contributed by atoms with Gasteiger partial charge in [-0.1, -0.05) is 30.3 Å². The van der Waals surface area contributed by atoms with E-state index in [4.69, 9.17) is 4.74 Å². The Labute approximate surface area is 171 Å². The molecule has 0 radical (unpaired) electrons. The van der Waals surface area contributed by atoms with Crippen molar-refractivity contribution in [1.29, 1.82) is 0 Å². The molecular weight excluding hydrogens is 388 g/mol. The number of nitrogens with one attached hydrogen (secondary N) is 3. The van der Waals surface area contributed by atoms with Gasteiger partial charge in [-0.25, -0.2) is 4.98 Å². The number of rotatable bonds is 7. The summed E-state index contributed by atoms with van der Waals surface area (Å²) >= 11 is 0. The number of aromatic amines is 1. The van der Waals surface area contributed by atoms with E-state index in [0.717, 1.165) is 0 Å². The van der Waals surface area contributed by atoms with Crippen LogP contribution in [-0.2, 0) is 20.7 Å². The molecule has 0 bridgehead atoms. The smallest absolute Gasteiger partial charge is 0.306 e. The number of hydrogen-bond acceptors (Lipinski definition) is 6. The number of carbonyl (C=O) groups excluding carboxylic acids is 3. The highest BCUT2D eigenvalue weighted by atomic mass is 16.5. The Morgan fingerprint density at radius 1 is 0.967 bits per heavy atom. The van der Waals surface area contributed by atoms with Gasteiger partial charge in [-0.05, 0) is 30.7 Å². The maximum Gasteiger partial charge on any atom is 0.306 e. The van der Waals surface area contributed by atoms with Gasteiger partial charge >= 0.3 is 5.97 Å². The number of para-hydroxylation sites is 1. The number of hydrazine groups is 1. The molecule has 2 amide bonds. The van der Waals surface area contributed by atoms with Crippen LogP contribution in [0.4, 0.5) is 0 Å². The minimum atomic E-state index is -0.659. The second-order valence-electron chi connectivity index (χ2n) is 6.41. The van der Waals surface area contributed by atoms with Crippen LogP contribution in [0.25, 0.3) is 10.9 Å². The Bertz CT molecular complexity index is 1110. The van der Waals surface area contributed by atoms with Crippen molar-refractivity contribution in [3.8, 4) is 0 Å². The van der Waals surface area contributed by atoms with Gasteiger partial charge in [0.15, 0.2) is 6.61 Å². The lowest BCUT2D eigenvalue weighted by atomic mass is 10.2. The van der Waals surface area contributed by atoms with E-state index in [0.29, 0.717) is 35.1 Å². The Kier molecular flexibility index (Phi) is 6.88. The average molecular weight is 408 g/mol. The average Bonchev–Trinajstić information content (AvgIpc) is 2.76. The third-order valence-corrected chi connectivity index (χ3v) is 4.17. The molecule has 2 aromatic carbocycles. The van der Waals surface area contributed by atoms with Gasteiger partial charge in [0.05, 0.1) is 10.9 Å². The zero-order chi connectivity index (χ0) is 21.3. The van der Waals surface area contributed by atoms with Gasteiger partial charge in [0.25, 0.3) is 17.4 Å². The summed E-state index contributed by atoms with van der Waals surface area (Å²) in [4.78, 5) is 54.4. The van der Waals surface area contributed by atoms with Crippen LogP contribution in [0.1, 0.15) is 29.0 Å². The molecule has 0 aliphatic carbocycles. The highest BCUT2D eigenvalue weighted by Crippen LogP contribution is 2.07. The van der Waals surface area contributed by atoms with Gasteiger partial charge in [-0.3, -0.25) is 30.0 Å². The Hall–Kier alpha value is -4.01. The molecular formula is C21H20N4O5. The summed E-state index contributed by atoms with van der Waals surface area (Å²) in [5.41, 5.74) is 5.16. The van der Waals surface area contributed by atoms with E-state index >= 15 is 0 Å². The van der Waals surface area contributed by atoms with E-state index in [1.54, 1.807) is 54.6 Å². The number of H-pyrrole nitrogens is 1. The first-order valence-corrected chi connectivity index (χ1v) is 9.31. The molecule has 30 heavy (non-hydrogen) atoms. The minimum absolute atomic E-state index is 0.0557. The van der Waals surface area contributed by atoms with Crippen molar-refractivity contribution in [1.82, 2.24) is 20.8 Å².